The molecule has 2 rings (SSSR count). The summed E-state index contributed by atoms with van der Waals surface area (Å²) in [5.41, 5.74) is 8.24. The van der Waals surface area contributed by atoms with Gasteiger partial charge in [0, 0.05) is 29.8 Å². The summed E-state index contributed by atoms with van der Waals surface area (Å²) in [6, 6.07) is 14.1. The summed E-state index contributed by atoms with van der Waals surface area (Å²) in [7, 11) is 0. The zero-order valence-corrected chi connectivity index (χ0v) is 18.2. The van der Waals surface area contributed by atoms with E-state index in [0.29, 0.717) is 10.0 Å². The van der Waals surface area contributed by atoms with Gasteiger partial charge in [-0.05, 0) is 35.4 Å². The Morgan fingerprint density at radius 3 is 1.65 bits per heavy atom. The van der Waals surface area contributed by atoms with E-state index in [0.717, 1.165) is 11.1 Å². The normalized spacial score (nSPS) is 10.3. The predicted molar refractivity (Wildman–Crippen MR) is 122 cm³/mol. The van der Waals surface area contributed by atoms with Gasteiger partial charge in [0.15, 0.2) is 0 Å². The summed E-state index contributed by atoms with van der Waals surface area (Å²) in [5, 5.41) is 8.75. The van der Waals surface area contributed by atoms with Crippen molar-refractivity contribution in [1.29, 1.82) is 0 Å². The lowest BCUT2D eigenvalue weighted by Gasteiger charge is -1.99. The first kappa shape index (κ1) is 25.8. The fraction of sp³-hybridized carbons (Fsp3) is 0.150. The molecule has 0 spiro atoms. The number of halogens is 2. The summed E-state index contributed by atoms with van der Waals surface area (Å²) < 4.78 is 0. The highest BCUT2D eigenvalue weighted by Crippen LogP contribution is 2.08. The minimum Gasteiger partial charge on any atom is -0.294 e. The quantitative estimate of drug-likeness (QED) is 0.216. The number of nitrogens with two attached hydrogens (primary N) is 1. The number of nitrogens with one attached hydrogen (secondary N) is 3. The number of nitrogens with zero attached hydrogens (tertiary/aromatic N) is 2. The number of carbonyl (C=O) groups is 3. The van der Waals surface area contributed by atoms with Gasteiger partial charge in [0.25, 0.3) is 0 Å². The van der Waals surface area contributed by atoms with Crippen molar-refractivity contribution in [3.63, 3.8) is 0 Å². The Kier molecular flexibility index (Phi) is 12.2. The van der Waals surface area contributed by atoms with Gasteiger partial charge in [-0.2, -0.15) is 10.2 Å². The van der Waals surface area contributed by atoms with Crippen LogP contribution in [0.4, 0.5) is 0 Å². The lowest BCUT2D eigenvalue weighted by atomic mass is 10.2. The monoisotopic (exact) mass is 464 g/mol. The van der Waals surface area contributed by atoms with E-state index in [4.69, 9.17) is 29.0 Å². The number of hydrogen-bond donors (Lipinski definition) is 4. The van der Waals surface area contributed by atoms with Crippen LogP contribution in [-0.4, -0.2) is 30.2 Å². The Morgan fingerprint density at radius 2 is 1.23 bits per heavy atom. The first-order valence-corrected chi connectivity index (χ1v) is 9.68. The van der Waals surface area contributed by atoms with Gasteiger partial charge >= 0.3 is 0 Å². The van der Waals surface area contributed by atoms with Crippen molar-refractivity contribution in [2.45, 2.75) is 19.8 Å². The van der Waals surface area contributed by atoms with Gasteiger partial charge in [0.1, 0.15) is 0 Å². The van der Waals surface area contributed by atoms with Crippen LogP contribution in [0, 0.1) is 0 Å². The van der Waals surface area contributed by atoms with E-state index in [1.807, 2.05) is 17.6 Å². The SMILES string of the molecule is CC(=O)N/N=C/c1ccc(Cl)cc1.NNC(=O)CCC(=O)N/N=C/c1ccc(Cl)cc1. The standard InChI is InChI=1S/C11H13ClN4O2.C9H9ClN2O/c12-9-3-1-8(2-4-9)7-14-16-11(18)6-5-10(17)15-13;1-7(13)12-11-6-8-2-4-9(10)5-3-8/h1-4,7H,5-6,13H2,(H,15,17)(H,16,18);2-6H,1H3,(H,12,13)/b14-7+;11-6+. The molecule has 0 atom stereocenters. The van der Waals surface area contributed by atoms with E-state index in [1.165, 1.54) is 13.1 Å². The molecule has 0 heterocycles. The van der Waals surface area contributed by atoms with Crippen LogP contribution in [0.3, 0.4) is 0 Å². The van der Waals surface area contributed by atoms with Crippen LogP contribution in [0.1, 0.15) is 30.9 Å². The van der Waals surface area contributed by atoms with Crippen molar-refractivity contribution in [3.8, 4) is 0 Å². The number of carbonyl (C=O) groups excluding carboxylic acids is 3. The lowest BCUT2D eigenvalue weighted by molar-refractivity contribution is -0.126. The van der Waals surface area contributed by atoms with Crippen LogP contribution in [0.25, 0.3) is 0 Å². The van der Waals surface area contributed by atoms with E-state index in [-0.39, 0.29) is 24.7 Å². The highest BCUT2D eigenvalue weighted by Gasteiger charge is 2.03. The summed E-state index contributed by atoms with van der Waals surface area (Å²) >= 11 is 11.4. The van der Waals surface area contributed by atoms with Crippen molar-refractivity contribution >= 4 is 53.4 Å². The van der Waals surface area contributed by atoms with Crippen molar-refractivity contribution in [2.75, 3.05) is 0 Å². The fourth-order valence-electron chi connectivity index (χ4n) is 1.83. The van der Waals surface area contributed by atoms with E-state index >= 15 is 0 Å². The second-order valence-corrected chi connectivity index (χ2v) is 6.76. The Balaban J connectivity index is 0.000000327. The van der Waals surface area contributed by atoms with Crippen LogP contribution in [0.2, 0.25) is 10.0 Å². The second-order valence-electron chi connectivity index (χ2n) is 5.89. The van der Waals surface area contributed by atoms with Gasteiger partial charge in [-0.15, -0.1) is 0 Å². The van der Waals surface area contributed by atoms with Gasteiger partial charge in [0.05, 0.1) is 12.4 Å². The molecule has 2 aromatic rings. The highest BCUT2D eigenvalue weighted by atomic mass is 35.5. The van der Waals surface area contributed by atoms with Gasteiger partial charge in [0.2, 0.25) is 17.7 Å². The van der Waals surface area contributed by atoms with Crippen LogP contribution in [-0.2, 0) is 14.4 Å². The maximum Gasteiger partial charge on any atom is 0.240 e. The van der Waals surface area contributed by atoms with Crippen molar-refractivity contribution in [1.82, 2.24) is 16.3 Å². The van der Waals surface area contributed by atoms with Gasteiger partial charge in [-0.3, -0.25) is 19.8 Å². The molecule has 0 aliphatic carbocycles. The third kappa shape index (κ3) is 12.8. The Labute approximate surface area is 189 Å². The molecule has 0 saturated heterocycles. The van der Waals surface area contributed by atoms with Crippen LogP contribution >= 0.6 is 23.2 Å². The van der Waals surface area contributed by atoms with E-state index in [9.17, 15) is 14.4 Å². The smallest absolute Gasteiger partial charge is 0.240 e. The molecule has 11 heteroatoms. The summed E-state index contributed by atoms with van der Waals surface area (Å²) in [6.07, 6.45) is 3.09. The molecular formula is C20H22Cl2N6O3. The first-order chi connectivity index (χ1) is 14.8. The molecule has 2 aromatic carbocycles. The summed E-state index contributed by atoms with van der Waals surface area (Å²) in [4.78, 5) is 32.5. The second kappa shape index (κ2) is 14.7. The number of hydrogen-bond acceptors (Lipinski definition) is 6. The maximum atomic E-state index is 11.2. The topological polar surface area (TPSA) is 138 Å². The summed E-state index contributed by atoms with van der Waals surface area (Å²) in [5.74, 6) is 3.93. The minimum absolute atomic E-state index is 0.0266. The number of amides is 3. The molecule has 0 aliphatic rings. The molecule has 31 heavy (non-hydrogen) atoms. The van der Waals surface area contributed by atoms with Crippen LogP contribution in [0.5, 0.6) is 0 Å². The maximum absolute atomic E-state index is 11.2. The number of hydrazine groups is 1. The fourth-order valence-corrected chi connectivity index (χ4v) is 2.08. The van der Waals surface area contributed by atoms with Crippen LogP contribution in [0.15, 0.2) is 58.7 Å². The average Bonchev–Trinajstić information content (AvgIpc) is 2.75. The van der Waals surface area contributed by atoms with Crippen LogP contribution < -0.4 is 22.1 Å². The zero-order chi connectivity index (χ0) is 23.1. The van der Waals surface area contributed by atoms with Crippen molar-refractivity contribution < 1.29 is 14.4 Å². The Hall–Kier alpha value is -3.27. The van der Waals surface area contributed by atoms with Gasteiger partial charge in [-0.25, -0.2) is 16.7 Å². The molecule has 0 aliphatic heterocycles. The molecule has 0 aromatic heterocycles. The molecule has 3 amide bonds. The van der Waals surface area contributed by atoms with Gasteiger partial charge in [-0.1, -0.05) is 47.5 Å². The molecule has 5 N–H and O–H groups in total. The molecule has 0 bridgehead atoms. The average molecular weight is 465 g/mol. The Bertz CT molecular complexity index is 916. The molecule has 9 nitrogen and oxygen atoms in total. The lowest BCUT2D eigenvalue weighted by Crippen LogP contribution is -2.31. The molecule has 0 saturated carbocycles. The van der Waals surface area contributed by atoms with E-state index < -0.39 is 5.91 Å². The zero-order valence-electron chi connectivity index (χ0n) is 16.6. The summed E-state index contributed by atoms with van der Waals surface area (Å²) in [6.45, 7) is 1.40. The molecule has 0 fully saturated rings. The van der Waals surface area contributed by atoms with Crippen molar-refractivity contribution in [3.05, 3.63) is 69.7 Å². The largest absolute Gasteiger partial charge is 0.294 e. The number of rotatable bonds is 7. The predicted octanol–water partition coefficient (Wildman–Crippen LogP) is 2.37. The number of hydrazone groups is 2. The van der Waals surface area contributed by atoms with E-state index in [1.54, 1.807) is 42.6 Å². The van der Waals surface area contributed by atoms with Crippen molar-refractivity contribution in [2.24, 2.45) is 16.0 Å². The highest BCUT2D eigenvalue weighted by molar-refractivity contribution is 6.30. The third-order valence-corrected chi connectivity index (χ3v) is 3.82. The molecular weight excluding hydrogens is 443 g/mol. The Morgan fingerprint density at radius 1 is 0.806 bits per heavy atom. The molecule has 0 unspecified atom stereocenters. The third-order valence-electron chi connectivity index (χ3n) is 3.32. The molecule has 0 radical (unpaired) electrons. The first-order valence-electron chi connectivity index (χ1n) is 8.92. The minimum atomic E-state index is -0.396. The van der Waals surface area contributed by atoms with E-state index in [2.05, 4.69) is 21.1 Å². The number of benzene rings is 2. The van der Waals surface area contributed by atoms with Gasteiger partial charge < -0.3 is 0 Å². The molecule has 164 valence electrons.